The van der Waals surface area contributed by atoms with Gasteiger partial charge in [0.1, 0.15) is 0 Å². The van der Waals surface area contributed by atoms with Gasteiger partial charge in [0.05, 0.1) is 0 Å². The van der Waals surface area contributed by atoms with E-state index in [1.54, 1.807) is 6.92 Å². The molecule has 2 aromatic rings. The van der Waals surface area contributed by atoms with Crippen molar-refractivity contribution in [2.45, 2.75) is 13.8 Å². The highest BCUT2D eigenvalue weighted by Gasteiger charge is 1.96. The Hall–Kier alpha value is -2.00. The van der Waals surface area contributed by atoms with Crippen LogP contribution in [0.25, 0.3) is 11.1 Å². The predicted molar refractivity (Wildman–Crippen MR) is 75.6 cm³/mol. The van der Waals surface area contributed by atoms with E-state index in [0.29, 0.717) is 0 Å². The highest BCUT2D eigenvalue weighted by molar-refractivity contribution is 5.64. The van der Waals surface area contributed by atoms with Gasteiger partial charge in [0.25, 0.3) is 0 Å². The molecule has 2 rings (SSSR count). The van der Waals surface area contributed by atoms with Gasteiger partial charge < -0.3 is 0 Å². The van der Waals surface area contributed by atoms with Gasteiger partial charge in [-0.3, -0.25) is 0 Å². The molecule has 0 aliphatic heterocycles. The highest BCUT2D eigenvalue weighted by atomic mass is 14.0. The van der Waals surface area contributed by atoms with E-state index in [9.17, 15) is 0 Å². The molecule has 0 saturated carbocycles. The molecule has 0 amide bonds. The van der Waals surface area contributed by atoms with Crippen LogP contribution in [0.2, 0.25) is 0 Å². The quantitative estimate of drug-likeness (QED) is 0.623. The molecule has 0 heteroatoms. The van der Waals surface area contributed by atoms with Crippen molar-refractivity contribution in [2.75, 3.05) is 0 Å². The van der Waals surface area contributed by atoms with E-state index in [2.05, 4.69) is 56.2 Å². The minimum atomic E-state index is 0.922. The monoisotopic (exact) mass is 221 g/mol. The minimum absolute atomic E-state index is 0.922. The summed E-state index contributed by atoms with van der Waals surface area (Å²) in [6, 6.07) is 16.5. The van der Waals surface area contributed by atoms with E-state index in [0.717, 1.165) is 5.56 Å². The van der Waals surface area contributed by atoms with Crippen LogP contribution in [-0.4, -0.2) is 0 Å². The van der Waals surface area contributed by atoms with E-state index >= 15 is 0 Å². The van der Waals surface area contributed by atoms with Gasteiger partial charge in [-0.15, -0.1) is 6.42 Å². The Kier molecular flexibility index (Phi) is 5.04. The molecule has 85 valence electrons. The molecular formula is C17H17. The van der Waals surface area contributed by atoms with E-state index in [1.165, 1.54) is 16.7 Å². The van der Waals surface area contributed by atoms with Crippen molar-refractivity contribution in [3.05, 3.63) is 66.6 Å². The average molecular weight is 221 g/mol. The minimum Gasteiger partial charge on any atom is -0.115 e. The first-order valence-electron chi connectivity index (χ1n) is 5.64. The lowest BCUT2D eigenvalue weighted by molar-refractivity contribution is 1.47. The third-order valence-electron chi connectivity index (χ3n) is 2.44. The molecule has 0 saturated heterocycles. The maximum Gasteiger partial charge on any atom is 0.0243 e. The first kappa shape index (κ1) is 13.1. The second kappa shape index (κ2) is 6.55. The van der Waals surface area contributed by atoms with Crippen molar-refractivity contribution in [3.8, 4) is 23.5 Å². The molecule has 0 aliphatic rings. The molecule has 0 atom stereocenters. The molecule has 0 fully saturated rings. The Balaban J connectivity index is 0.000000686. The van der Waals surface area contributed by atoms with E-state index in [1.807, 2.05) is 12.1 Å². The second-order valence-corrected chi connectivity index (χ2v) is 3.59. The largest absolute Gasteiger partial charge is 0.115 e. The third kappa shape index (κ3) is 3.50. The first-order valence-corrected chi connectivity index (χ1v) is 5.64. The van der Waals surface area contributed by atoms with Gasteiger partial charge in [-0.05, 0) is 30.2 Å². The SMILES string of the molecule is C#Cc1ccc(-c2ccc(C)cc2)cc1.[CH2]C. The molecule has 1 radical (unpaired) electrons. The maximum atomic E-state index is 5.31. The molecule has 0 heterocycles. The Morgan fingerprint density at radius 2 is 1.24 bits per heavy atom. The van der Waals surface area contributed by atoms with Crippen LogP contribution in [0.3, 0.4) is 0 Å². The molecule has 2 aromatic carbocycles. The summed E-state index contributed by atoms with van der Waals surface area (Å²) in [6.07, 6.45) is 5.31. The van der Waals surface area contributed by atoms with Gasteiger partial charge in [-0.1, -0.05) is 61.7 Å². The normalized spacial score (nSPS) is 8.82. The van der Waals surface area contributed by atoms with Gasteiger partial charge in [0.2, 0.25) is 0 Å². The molecule has 0 aliphatic carbocycles. The smallest absolute Gasteiger partial charge is 0.0243 e. The van der Waals surface area contributed by atoms with Crippen molar-refractivity contribution in [1.29, 1.82) is 0 Å². The number of hydrogen-bond donors (Lipinski definition) is 0. The Bertz CT molecular complexity index is 481. The zero-order chi connectivity index (χ0) is 12.7. The van der Waals surface area contributed by atoms with Crippen molar-refractivity contribution < 1.29 is 0 Å². The highest BCUT2D eigenvalue weighted by Crippen LogP contribution is 2.19. The van der Waals surface area contributed by atoms with Crippen molar-refractivity contribution in [1.82, 2.24) is 0 Å². The van der Waals surface area contributed by atoms with Crippen LogP contribution < -0.4 is 0 Å². The average Bonchev–Trinajstić information content (AvgIpc) is 2.42. The summed E-state index contributed by atoms with van der Waals surface area (Å²) in [5.74, 6) is 2.61. The lowest BCUT2D eigenvalue weighted by Gasteiger charge is -2.02. The molecule has 0 aromatic heterocycles. The van der Waals surface area contributed by atoms with Crippen molar-refractivity contribution in [2.24, 2.45) is 0 Å². The molecule has 0 N–H and O–H groups in total. The lowest BCUT2D eigenvalue weighted by Crippen LogP contribution is -1.79. The summed E-state index contributed by atoms with van der Waals surface area (Å²) in [4.78, 5) is 0. The molecule has 0 nitrogen and oxygen atoms in total. The lowest BCUT2D eigenvalue weighted by atomic mass is 10.0. The molecule has 17 heavy (non-hydrogen) atoms. The summed E-state index contributed by atoms with van der Waals surface area (Å²) < 4.78 is 0. The van der Waals surface area contributed by atoms with Crippen LogP contribution in [0.1, 0.15) is 18.1 Å². The maximum absolute atomic E-state index is 5.31. The zero-order valence-corrected chi connectivity index (χ0v) is 10.4. The zero-order valence-electron chi connectivity index (χ0n) is 10.4. The van der Waals surface area contributed by atoms with E-state index in [-0.39, 0.29) is 0 Å². The van der Waals surface area contributed by atoms with Crippen LogP contribution in [0.5, 0.6) is 0 Å². The fraction of sp³-hybridized carbons (Fsp3) is 0.118. The molecule has 0 unspecified atom stereocenters. The van der Waals surface area contributed by atoms with Crippen LogP contribution in [0, 0.1) is 26.2 Å². The summed E-state index contributed by atoms with van der Waals surface area (Å²) in [7, 11) is 0. The van der Waals surface area contributed by atoms with Gasteiger partial charge >= 0.3 is 0 Å². The standard InChI is InChI=1S/C15H12.C2H5/c1-3-13-6-10-15(11-7-13)14-8-4-12(2)5-9-14;1-2/h1,4-11H,2H3;1H2,2H3. The number of aryl methyl sites for hydroxylation is 1. The summed E-state index contributed by atoms with van der Waals surface area (Å²) >= 11 is 0. The van der Waals surface area contributed by atoms with Crippen LogP contribution >= 0.6 is 0 Å². The van der Waals surface area contributed by atoms with Gasteiger partial charge in [0.15, 0.2) is 0 Å². The van der Waals surface area contributed by atoms with Gasteiger partial charge in [-0.25, -0.2) is 0 Å². The summed E-state index contributed by atoms with van der Waals surface area (Å²) in [6.45, 7) is 7.09. The van der Waals surface area contributed by atoms with E-state index < -0.39 is 0 Å². The first-order chi connectivity index (χ1) is 8.29. The van der Waals surface area contributed by atoms with Crippen LogP contribution in [0.4, 0.5) is 0 Å². The number of rotatable bonds is 1. The van der Waals surface area contributed by atoms with Crippen LogP contribution in [-0.2, 0) is 0 Å². The molecule has 0 bridgehead atoms. The number of terminal acetylenes is 1. The summed E-state index contributed by atoms with van der Waals surface area (Å²) in [5, 5.41) is 0. The van der Waals surface area contributed by atoms with Crippen molar-refractivity contribution in [3.63, 3.8) is 0 Å². The van der Waals surface area contributed by atoms with E-state index in [4.69, 9.17) is 6.42 Å². The predicted octanol–water partition coefficient (Wildman–Crippen LogP) is 4.48. The Morgan fingerprint density at radius 1 is 0.824 bits per heavy atom. The fourth-order valence-corrected chi connectivity index (χ4v) is 1.50. The Labute approximate surface area is 104 Å². The number of hydrogen-bond acceptors (Lipinski definition) is 0. The van der Waals surface area contributed by atoms with Gasteiger partial charge in [0, 0.05) is 5.56 Å². The molecular weight excluding hydrogens is 204 g/mol. The topological polar surface area (TPSA) is 0 Å². The number of benzene rings is 2. The molecule has 0 spiro atoms. The summed E-state index contributed by atoms with van der Waals surface area (Å²) in [5.41, 5.74) is 4.63. The third-order valence-corrected chi connectivity index (χ3v) is 2.44. The fourth-order valence-electron chi connectivity index (χ4n) is 1.50. The van der Waals surface area contributed by atoms with Crippen molar-refractivity contribution >= 4 is 0 Å². The Morgan fingerprint density at radius 3 is 1.65 bits per heavy atom. The van der Waals surface area contributed by atoms with Gasteiger partial charge in [-0.2, -0.15) is 0 Å². The second-order valence-electron chi connectivity index (χ2n) is 3.59. The van der Waals surface area contributed by atoms with Crippen LogP contribution in [0.15, 0.2) is 48.5 Å².